The highest BCUT2D eigenvalue weighted by molar-refractivity contribution is 5.90. The van der Waals surface area contributed by atoms with Crippen LogP contribution in [0.4, 0.5) is 13.2 Å². The van der Waals surface area contributed by atoms with Crippen LogP contribution in [0.15, 0.2) is 12.2 Å². The Bertz CT molecular complexity index is 982. The van der Waals surface area contributed by atoms with Gasteiger partial charge in [0, 0.05) is 19.3 Å². The number of carbonyl (C=O) groups excluding carboxylic acids is 1. The summed E-state index contributed by atoms with van der Waals surface area (Å²) in [5, 5.41) is 19.4. The first-order valence-corrected chi connectivity index (χ1v) is 14.4. The average molecular weight is 559 g/mol. The third kappa shape index (κ3) is 5.04. The first kappa shape index (κ1) is 30.4. The van der Waals surface area contributed by atoms with E-state index >= 15 is 0 Å². The highest BCUT2D eigenvalue weighted by Gasteiger charge is 2.68. The molecule has 2 N–H and O–H groups in total. The van der Waals surface area contributed by atoms with Crippen LogP contribution >= 0.6 is 0 Å². The van der Waals surface area contributed by atoms with E-state index in [4.69, 9.17) is 14.6 Å². The fraction of sp³-hybridized carbons (Fsp3) is 0.867. The van der Waals surface area contributed by atoms with Gasteiger partial charge >= 0.3 is 18.1 Å². The van der Waals surface area contributed by atoms with Crippen molar-refractivity contribution in [3.8, 4) is 0 Å². The summed E-state index contributed by atoms with van der Waals surface area (Å²) in [5.74, 6) is -0.440. The number of alkyl halides is 3. The van der Waals surface area contributed by atoms with Crippen molar-refractivity contribution in [3.63, 3.8) is 0 Å². The molecule has 0 spiro atoms. The molecule has 6 nitrogen and oxygen atoms in total. The van der Waals surface area contributed by atoms with E-state index in [1.165, 1.54) is 0 Å². The highest BCUT2D eigenvalue weighted by Crippen LogP contribution is 2.72. The molecule has 0 aromatic rings. The van der Waals surface area contributed by atoms with E-state index in [2.05, 4.69) is 20.8 Å². The third-order valence-electron chi connectivity index (χ3n) is 12.2. The number of carbonyl (C=O) groups is 2. The van der Waals surface area contributed by atoms with E-state index in [0.29, 0.717) is 30.6 Å². The van der Waals surface area contributed by atoms with Gasteiger partial charge in [-0.2, -0.15) is 13.2 Å². The number of hydrogen-bond acceptors (Lipinski definition) is 5. The molecule has 0 heterocycles. The molecule has 4 aliphatic rings. The maximum absolute atomic E-state index is 13.8. The molecule has 0 aromatic carbocycles. The van der Waals surface area contributed by atoms with Gasteiger partial charge in [-0.05, 0) is 104 Å². The van der Waals surface area contributed by atoms with E-state index in [1.807, 2.05) is 6.92 Å². The number of methoxy groups -OCH3 is 1. The Hall–Kier alpha value is -1.61. The molecule has 222 valence electrons. The Labute approximate surface area is 229 Å². The molecular weight excluding hydrogens is 513 g/mol. The number of aliphatic hydroxyl groups is 1. The van der Waals surface area contributed by atoms with Crippen molar-refractivity contribution >= 4 is 11.9 Å². The quantitative estimate of drug-likeness (QED) is 0.287. The standard InChI is InChI=1S/C30H45F3O6/c1-18(23(16-38-5)39-25(36)9-8-24(34)35)20-6-7-21-19-10-12-26(2)17-29(37,30(31,32)33)15-14-28(26,4)22(19)11-13-27(20,21)3/h8-9,18-23,37H,6-7,10-17H2,1-5H3,(H,34,35)/b9-8+/t18-,19-,20+,21-,22-,23+,26+,27+,28+,29+/m0/s1. The number of halogens is 3. The Balaban J connectivity index is 1.53. The van der Waals surface area contributed by atoms with E-state index in [-0.39, 0.29) is 42.1 Å². The summed E-state index contributed by atoms with van der Waals surface area (Å²) < 4.78 is 52.5. The molecular formula is C30H45F3O6. The number of ether oxygens (including phenoxy) is 2. The average Bonchev–Trinajstić information content (AvgIpc) is 3.19. The van der Waals surface area contributed by atoms with Crippen LogP contribution in [0.25, 0.3) is 0 Å². The van der Waals surface area contributed by atoms with Gasteiger partial charge in [-0.3, -0.25) is 0 Å². The minimum Gasteiger partial charge on any atom is -0.478 e. The maximum atomic E-state index is 13.8. The summed E-state index contributed by atoms with van der Waals surface area (Å²) in [6.45, 7) is 8.82. The second kappa shape index (κ2) is 10.3. The molecule has 4 rings (SSSR count). The van der Waals surface area contributed by atoms with Crippen molar-refractivity contribution in [1.82, 2.24) is 0 Å². The lowest BCUT2D eigenvalue weighted by Crippen LogP contribution is -2.63. The van der Waals surface area contributed by atoms with Crippen LogP contribution in [0, 0.1) is 45.8 Å². The van der Waals surface area contributed by atoms with Gasteiger partial charge in [0.25, 0.3) is 0 Å². The summed E-state index contributed by atoms with van der Waals surface area (Å²) in [4.78, 5) is 23.1. The van der Waals surface area contributed by atoms with Gasteiger partial charge in [0.2, 0.25) is 0 Å². The van der Waals surface area contributed by atoms with Crippen LogP contribution in [0.1, 0.15) is 85.5 Å². The second-order valence-corrected chi connectivity index (χ2v) is 13.8. The predicted octanol–water partition coefficient (Wildman–Crippen LogP) is 6.16. The molecule has 0 bridgehead atoms. The number of aliphatic carboxylic acids is 1. The zero-order valence-corrected chi connectivity index (χ0v) is 23.9. The molecule has 9 heteroatoms. The van der Waals surface area contributed by atoms with E-state index in [0.717, 1.165) is 44.3 Å². The van der Waals surface area contributed by atoms with Crippen molar-refractivity contribution in [3.05, 3.63) is 12.2 Å². The molecule has 4 fully saturated rings. The first-order chi connectivity index (χ1) is 18.0. The zero-order chi connectivity index (χ0) is 29.0. The molecule has 4 saturated carbocycles. The van der Waals surface area contributed by atoms with Crippen LogP contribution < -0.4 is 0 Å². The third-order valence-corrected chi connectivity index (χ3v) is 12.2. The Kier molecular flexibility index (Phi) is 8.05. The van der Waals surface area contributed by atoms with E-state index < -0.39 is 35.2 Å². The molecule has 0 aliphatic heterocycles. The summed E-state index contributed by atoms with van der Waals surface area (Å²) in [6.07, 6.45) is 2.02. The van der Waals surface area contributed by atoms with Gasteiger partial charge in [0.15, 0.2) is 5.60 Å². The molecule has 0 unspecified atom stereocenters. The normalized spacial score (nSPS) is 43.7. The number of carboxylic acid groups (broad SMARTS) is 1. The van der Waals surface area contributed by atoms with Crippen LogP contribution in [0.3, 0.4) is 0 Å². The van der Waals surface area contributed by atoms with Crippen molar-refractivity contribution in [2.24, 2.45) is 45.8 Å². The van der Waals surface area contributed by atoms with Gasteiger partial charge < -0.3 is 19.7 Å². The lowest BCUT2D eigenvalue weighted by molar-refractivity contribution is -0.303. The lowest BCUT2D eigenvalue weighted by atomic mass is 9.39. The zero-order valence-electron chi connectivity index (χ0n) is 23.9. The Morgan fingerprint density at radius 1 is 1.00 bits per heavy atom. The van der Waals surface area contributed by atoms with Crippen molar-refractivity contribution in [1.29, 1.82) is 0 Å². The number of carboxylic acids is 1. The van der Waals surface area contributed by atoms with Gasteiger partial charge in [0.05, 0.1) is 6.61 Å². The molecule has 0 aromatic heterocycles. The van der Waals surface area contributed by atoms with Crippen LogP contribution in [0.5, 0.6) is 0 Å². The number of fused-ring (bicyclic) bond motifs is 5. The molecule has 0 amide bonds. The molecule has 10 atom stereocenters. The van der Waals surface area contributed by atoms with Crippen molar-refractivity contribution in [2.75, 3.05) is 13.7 Å². The van der Waals surface area contributed by atoms with E-state index in [9.17, 15) is 27.9 Å². The molecule has 39 heavy (non-hydrogen) atoms. The van der Waals surface area contributed by atoms with Gasteiger partial charge in [-0.25, -0.2) is 9.59 Å². The van der Waals surface area contributed by atoms with Gasteiger partial charge in [-0.15, -0.1) is 0 Å². The Morgan fingerprint density at radius 2 is 1.69 bits per heavy atom. The van der Waals surface area contributed by atoms with E-state index in [1.54, 1.807) is 7.11 Å². The van der Waals surface area contributed by atoms with Gasteiger partial charge in [0.1, 0.15) is 6.10 Å². The molecule has 0 radical (unpaired) electrons. The Morgan fingerprint density at radius 3 is 2.31 bits per heavy atom. The first-order valence-electron chi connectivity index (χ1n) is 14.4. The monoisotopic (exact) mass is 558 g/mol. The van der Waals surface area contributed by atoms with Crippen LogP contribution in [-0.2, 0) is 19.1 Å². The minimum absolute atomic E-state index is 0.000377. The fourth-order valence-electron chi connectivity index (χ4n) is 9.87. The topological polar surface area (TPSA) is 93.1 Å². The van der Waals surface area contributed by atoms with Crippen LogP contribution in [0.2, 0.25) is 0 Å². The molecule has 0 saturated heterocycles. The summed E-state index contributed by atoms with van der Waals surface area (Å²) in [6, 6.07) is 0. The van der Waals surface area contributed by atoms with Gasteiger partial charge in [-0.1, -0.05) is 27.7 Å². The number of esters is 1. The smallest absolute Gasteiger partial charge is 0.417 e. The summed E-state index contributed by atoms with van der Waals surface area (Å²) in [5.41, 5.74) is -3.39. The molecule has 4 aliphatic carbocycles. The van der Waals surface area contributed by atoms with Crippen molar-refractivity contribution in [2.45, 2.75) is 103 Å². The highest BCUT2D eigenvalue weighted by atomic mass is 19.4. The van der Waals surface area contributed by atoms with Crippen LogP contribution in [-0.4, -0.2) is 53.7 Å². The minimum atomic E-state index is -4.61. The summed E-state index contributed by atoms with van der Waals surface area (Å²) >= 11 is 0. The summed E-state index contributed by atoms with van der Waals surface area (Å²) in [7, 11) is 1.55. The predicted molar refractivity (Wildman–Crippen MR) is 139 cm³/mol. The van der Waals surface area contributed by atoms with Crippen molar-refractivity contribution < 1.29 is 42.4 Å². The number of rotatable bonds is 7. The largest absolute Gasteiger partial charge is 0.478 e. The number of hydrogen-bond donors (Lipinski definition) is 2. The second-order valence-electron chi connectivity index (χ2n) is 13.8. The lowest BCUT2D eigenvalue weighted by Gasteiger charge is -2.66. The fourth-order valence-corrected chi connectivity index (χ4v) is 9.87. The maximum Gasteiger partial charge on any atom is 0.417 e. The SMILES string of the molecule is COC[C@@H](OC(=O)/C=C/C(=O)O)[C@@H](C)[C@H]1CC[C@H]2[C@@H]3CC[C@]4(C)C[C@@](O)(C(F)(F)F)CC[C@]4(C)[C@H]3CC[C@]12C.